The van der Waals surface area contributed by atoms with Gasteiger partial charge in [0.25, 0.3) is 0 Å². The Morgan fingerprint density at radius 2 is 2.38 bits per heavy atom. The number of ether oxygens (including phenoxy) is 1. The summed E-state index contributed by atoms with van der Waals surface area (Å²) in [5.74, 6) is 0. The van der Waals surface area contributed by atoms with Crippen LogP contribution in [0.15, 0.2) is 22.7 Å². The normalized spacial score (nSPS) is 20.2. The first-order valence-electron chi connectivity index (χ1n) is 5.52. The van der Waals surface area contributed by atoms with Gasteiger partial charge in [0.1, 0.15) is 0 Å². The van der Waals surface area contributed by atoms with Crippen LogP contribution in [0, 0.1) is 0 Å². The Hall–Kier alpha value is -0.0900. The zero-order valence-electron chi connectivity index (χ0n) is 9.01. The summed E-state index contributed by atoms with van der Waals surface area (Å²) in [5.41, 5.74) is 1.13. The minimum atomic E-state index is 0.384. The van der Waals surface area contributed by atoms with Crippen LogP contribution < -0.4 is 5.32 Å². The molecule has 1 N–H and O–H groups in total. The zero-order valence-corrected chi connectivity index (χ0v) is 11.4. The molecule has 0 aliphatic carbocycles. The van der Waals surface area contributed by atoms with Crippen molar-refractivity contribution in [3.63, 3.8) is 0 Å². The predicted octanol–water partition coefficient (Wildman–Crippen LogP) is 3.37. The predicted molar refractivity (Wildman–Crippen MR) is 69.8 cm³/mol. The van der Waals surface area contributed by atoms with Gasteiger partial charge in [-0.1, -0.05) is 33.6 Å². The lowest BCUT2D eigenvalue weighted by molar-refractivity contribution is 0.110. The van der Waals surface area contributed by atoms with Crippen molar-refractivity contribution < 1.29 is 4.74 Å². The molecule has 1 aliphatic rings. The third-order valence-corrected chi connectivity index (χ3v) is 3.57. The molecule has 1 unspecified atom stereocenters. The maximum atomic E-state index is 6.12. The molecule has 0 aromatic heterocycles. The third kappa shape index (κ3) is 3.45. The average molecular weight is 305 g/mol. The van der Waals surface area contributed by atoms with Gasteiger partial charge in [-0.05, 0) is 30.5 Å². The number of benzene rings is 1. The molecule has 1 aromatic carbocycles. The molecule has 1 atom stereocenters. The van der Waals surface area contributed by atoms with Crippen molar-refractivity contribution in [3.8, 4) is 0 Å². The highest BCUT2D eigenvalue weighted by Crippen LogP contribution is 2.21. The van der Waals surface area contributed by atoms with E-state index in [1.54, 1.807) is 0 Å². The standard InChI is InChI=1S/C12H15BrClNO/c13-10-4-3-9(12(14)6-10)7-15-8-11-2-1-5-16-11/h3-4,6,11,15H,1-2,5,7-8H2. The Balaban J connectivity index is 1.80. The first-order chi connectivity index (χ1) is 7.75. The molecule has 4 heteroatoms. The minimum Gasteiger partial charge on any atom is -0.377 e. The van der Waals surface area contributed by atoms with E-state index in [1.165, 1.54) is 12.8 Å². The first kappa shape index (κ1) is 12.4. The van der Waals surface area contributed by atoms with Crippen molar-refractivity contribution in [2.24, 2.45) is 0 Å². The summed E-state index contributed by atoms with van der Waals surface area (Å²) in [6.07, 6.45) is 2.74. The van der Waals surface area contributed by atoms with Crippen LogP contribution in [0.1, 0.15) is 18.4 Å². The van der Waals surface area contributed by atoms with Crippen molar-refractivity contribution in [2.75, 3.05) is 13.2 Å². The van der Waals surface area contributed by atoms with Gasteiger partial charge in [0.15, 0.2) is 0 Å². The van der Waals surface area contributed by atoms with Crippen LogP contribution >= 0.6 is 27.5 Å². The number of rotatable bonds is 4. The van der Waals surface area contributed by atoms with Crippen molar-refractivity contribution >= 4 is 27.5 Å². The van der Waals surface area contributed by atoms with Gasteiger partial charge in [-0.15, -0.1) is 0 Å². The number of halogens is 2. The highest BCUT2D eigenvalue weighted by molar-refractivity contribution is 9.10. The van der Waals surface area contributed by atoms with E-state index in [2.05, 4.69) is 21.2 Å². The van der Waals surface area contributed by atoms with Gasteiger partial charge in [-0.25, -0.2) is 0 Å². The largest absolute Gasteiger partial charge is 0.377 e. The smallest absolute Gasteiger partial charge is 0.0700 e. The third-order valence-electron chi connectivity index (χ3n) is 2.73. The van der Waals surface area contributed by atoms with Gasteiger partial charge in [-0.3, -0.25) is 0 Å². The van der Waals surface area contributed by atoms with Crippen LogP contribution in [-0.2, 0) is 11.3 Å². The van der Waals surface area contributed by atoms with Gasteiger partial charge in [0.05, 0.1) is 6.10 Å². The fourth-order valence-electron chi connectivity index (χ4n) is 1.84. The quantitative estimate of drug-likeness (QED) is 0.921. The van der Waals surface area contributed by atoms with Gasteiger partial charge in [0.2, 0.25) is 0 Å². The average Bonchev–Trinajstić information content (AvgIpc) is 2.74. The minimum absolute atomic E-state index is 0.384. The molecule has 0 radical (unpaired) electrons. The van der Waals surface area contributed by atoms with Crippen LogP contribution in [0.25, 0.3) is 0 Å². The van der Waals surface area contributed by atoms with Crippen LogP contribution in [0.3, 0.4) is 0 Å². The molecular weight excluding hydrogens is 289 g/mol. The molecule has 0 saturated carbocycles. The molecule has 2 rings (SSSR count). The van der Waals surface area contributed by atoms with E-state index in [0.717, 1.165) is 34.8 Å². The maximum Gasteiger partial charge on any atom is 0.0700 e. The molecule has 0 amide bonds. The van der Waals surface area contributed by atoms with Crippen molar-refractivity contribution in [3.05, 3.63) is 33.3 Å². The van der Waals surface area contributed by atoms with E-state index in [1.807, 2.05) is 18.2 Å². The topological polar surface area (TPSA) is 21.3 Å². The molecule has 0 spiro atoms. The fraction of sp³-hybridized carbons (Fsp3) is 0.500. The molecule has 1 aromatic rings. The van der Waals surface area contributed by atoms with E-state index in [-0.39, 0.29) is 0 Å². The summed E-state index contributed by atoms with van der Waals surface area (Å²) in [4.78, 5) is 0. The second-order valence-electron chi connectivity index (χ2n) is 4.00. The Morgan fingerprint density at radius 3 is 3.06 bits per heavy atom. The van der Waals surface area contributed by atoms with E-state index < -0.39 is 0 Å². The lowest BCUT2D eigenvalue weighted by Gasteiger charge is -2.11. The first-order valence-corrected chi connectivity index (χ1v) is 6.69. The second kappa shape index (κ2) is 6.01. The van der Waals surface area contributed by atoms with Gasteiger partial charge >= 0.3 is 0 Å². The van der Waals surface area contributed by atoms with E-state index >= 15 is 0 Å². The van der Waals surface area contributed by atoms with Crippen LogP contribution in [0.4, 0.5) is 0 Å². The lowest BCUT2D eigenvalue weighted by atomic mass is 10.2. The number of nitrogens with one attached hydrogen (secondary N) is 1. The molecule has 1 aliphatic heterocycles. The zero-order chi connectivity index (χ0) is 11.4. The molecule has 16 heavy (non-hydrogen) atoms. The highest BCUT2D eigenvalue weighted by atomic mass is 79.9. The molecule has 1 saturated heterocycles. The summed E-state index contributed by atoms with van der Waals surface area (Å²) in [6, 6.07) is 5.97. The van der Waals surface area contributed by atoms with Crippen molar-refractivity contribution in [2.45, 2.75) is 25.5 Å². The Bertz CT molecular complexity index is 353. The molecule has 1 heterocycles. The summed E-state index contributed by atoms with van der Waals surface area (Å²) < 4.78 is 6.55. The lowest BCUT2D eigenvalue weighted by Crippen LogP contribution is -2.25. The van der Waals surface area contributed by atoms with Gasteiger partial charge < -0.3 is 10.1 Å². The summed E-state index contributed by atoms with van der Waals surface area (Å²) in [7, 11) is 0. The number of hydrogen-bond acceptors (Lipinski definition) is 2. The Kier molecular flexibility index (Phi) is 4.65. The molecule has 0 bridgehead atoms. The molecule has 88 valence electrons. The van der Waals surface area contributed by atoms with E-state index in [4.69, 9.17) is 16.3 Å². The highest BCUT2D eigenvalue weighted by Gasteiger charge is 2.14. The van der Waals surface area contributed by atoms with E-state index in [0.29, 0.717) is 6.10 Å². The summed E-state index contributed by atoms with van der Waals surface area (Å²) in [5, 5.41) is 4.18. The van der Waals surface area contributed by atoms with Crippen molar-refractivity contribution in [1.82, 2.24) is 5.32 Å². The van der Waals surface area contributed by atoms with Gasteiger partial charge in [-0.2, -0.15) is 0 Å². The SMILES string of the molecule is Clc1cc(Br)ccc1CNCC1CCCO1. The summed E-state index contributed by atoms with van der Waals surface area (Å²) >= 11 is 9.52. The molecule has 1 fully saturated rings. The molecule has 2 nitrogen and oxygen atoms in total. The van der Waals surface area contributed by atoms with Crippen LogP contribution in [-0.4, -0.2) is 19.3 Å². The number of hydrogen-bond donors (Lipinski definition) is 1. The Labute approximate surface area is 109 Å². The molecular formula is C12H15BrClNO. The fourth-order valence-corrected chi connectivity index (χ4v) is 2.58. The monoisotopic (exact) mass is 303 g/mol. The maximum absolute atomic E-state index is 6.12. The van der Waals surface area contributed by atoms with Crippen molar-refractivity contribution in [1.29, 1.82) is 0 Å². The van der Waals surface area contributed by atoms with Gasteiger partial charge in [0, 0.05) is 29.2 Å². The second-order valence-corrected chi connectivity index (χ2v) is 5.32. The summed E-state index contributed by atoms with van der Waals surface area (Å²) in [6.45, 7) is 2.61. The van der Waals surface area contributed by atoms with E-state index in [9.17, 15) is 0 Å². The van der Waals surface area contributed by atoms with Crippen LogP contribution in [0.5, 0.6) is 0 Å². The Morgan fingerprint density at radius 1 is 1.50 bits per heavy atom. The van der Waals surface area contributed by atoms with Crippen LogP contribution in [0.2, 0.25) is 5.02 Å².